The van der Waals surface area contributed by atoms with Gasteiger partial charge in [0.2, 0.25) is 0 Å². The third-order valence-corrected chi connectivity index (χ3v) is 3.50. The highest BCUT2D eigenvalue weighted by atomic mass is 32.1. The molecule has 0 spiro atoms. The summed E-state index contributed by atoms with van der Waals surface area (Å²) in [6, 6.07) is 6.66. The molecule has 1 aliphatic heterocycles. The van der Waals surface area contributed by atoms with Gasteiger partial charge in [-0.3, -0.25) is 19.3 Å². The van der Waals surface area contributed by atoms with E-state index in [1.807, 2.05) is 0 Å². The van der Waals surface area contributed by atoms with E-state index in [1.54, 1.807) is 24.3 Å². The van der Waals surface area contributed by atoms with Gasteiger partial charge in [-0.2, -0.15) is 12.6 Å². The normalized spacial score (nSPS) is 15.5. The maximum Gasteiger partial charge on any atom is 0.316 e. The molecule has 2 rings (SSSR count). The van der Waals surface area contributed by atoms with Crippen molar-refractivity contribution in [3.05, 3.63) is 35.4 Å². The van der Waals surface area contributed by atoms with E-state index >= 15 is 0 Å². The van der Waals surface area contributed by atoms with Crippen LogP contribution >= 0.6 is 12.6 Å². The predicted molar refractivity (Wildman–Crippen MR) is 71.5 cm³/mol. The number of carboxylic acids is 1. The molecule has 5 nitrogen and oxygen atoms in total. The Bertz CT molecular complexity index is 508. The lowest BCUT2D eigenvalue weighted by molar-refractivity contribution is -0.136. The molecule has 100 valence electrons. The van der Waals surface area contributed by atoms with Crippen molar-refractivity contribution in [1.82, 2.24) is 4.90 Å². The SMILES string of the molecule is O=C(O)[C@H](S)CCCN1C(=O)c2ccccc2C1=O. The Morgan fingerprint density at radius 2 is 1.74 bits per heavy atom. The van der Waals surface area contributed by atoms with Crippen molar-refractivity contribution < 1.29 is 19.5 Å². The van der Waals surface area contributed by atoms with Gasteiger partial charge in [-0.25, -0.2) is 0 Å². The molecule has 1 heterocycles. The van der Waals surface area contributed by atoms with Crippen LogP contribution in [-0.4, -0.2) is 39.6 Å². The Balaban J connectivity index is 1.99. The quantitative estimate of drug-likeness (QED) is 0.632. The van der Waals surface area contributed by atoms with E-state index in [9.17, 15) is 14.4 Å². The number of imide groups is 1. The first-order valence-corrected chi connectivity index (χ1v) is 6.40. The molecule has 19 heavy (non-hydrogen) atoms. The second-order valence-electron chi connectivity index (χ2n) is 4.30. The molecule has 1 atom stereocenters. The number of hydrogen-bond donors (Lipinski definition) is 2. The van der Waals surface area contributed by atoms with Crippen molar-refractivity contribution in [2.24, 2.45) is 0 Å². The number of carboxylic acid groups (broad SMARTS) is 1. The average Bonchev–Trinajstić information content (AvgIpc) is 2.64. The third-order valence-electron chi connectivity index (χ3n) is 3.02. The van der Waals surface area contributed by atoms with Gasteiger partial charge in [-0.05, 0) is 25.0 Å². The van der Waals surface area contributed by atoms with Gasteiger partial charge in [-0.1, -0.05) is 12.1 Å². The zero-order valence-electron chi connectivity index (χ0n) is 10.1. The minimum atomic E-state index is -0.995. The van der Waals surface area contributed by atoms with Crippen molar-refractivity contribution in [3.63, 3.8) is 0 Å². The van der Waals surface area contributed by atoms with Gasteiger partial charge in [0, 0.05) is 6.54 Å². The lowest BCUT2D eigenvalue weighted by Gasteiger charge is -2.14. The van der Waals surface area contributed by atoms with Gasteiger partial charge in [-0.15, -0.1) is 0 Å². The molecule has 0 saturated carbocycles. The molecule has 0 unspecified atom stereocenters. The minimum absolute atomic E-state index is 0.219. The molecule has 0 bridgehead atoms. The number of fused-ring (bicyclic) bond motifs is 1. The summed E-state index contributed by atoms with van der Waals surface area (Å²) in [4.78, 5) is 35.7. The fourth-order valence-corrected chi connectivity index (χ4v) is 2.19. The summed E-state index contributed by atoms with van der Waals surface area (Å²) in [5.41, 5.74) is 0.821. The van der Waals surface area contributed by atoms with E-state index in [-0.39, 0.29) is 18.4 Å². The summed E-state index contributed by atoms with van der Waals surface area (Å²) in [5.74, 6) is -1.62. The molecule has 0 aromatic heterocycles. The second kappa shape index (κ2) is 5.44. The van der Waals surface area contributed by atoms with Crippen LogP contribution in [0.3, 0.4) is 0 Å². The van der Waals surface area contributed by atoms with Crippen molar-refractivity contribution in [2.45, 2.75) is 18.1 Å². The highest BCUT2D eigenvalue weighted by Gasteiger charge is 2.34. The van der Waals surface area contributed by atoms with E-state index in [4.69, 9.17) is 5.11 Å². The molecule has 2 amide bonds. The summed E-state index contributed by atoms with van der Waals surface area (Å²) in [6.45, 7) is 0.219. The topological polar surface area (TPSA) is 74.7 Å². The molecule has 6 heteroatoms. The number of benzene rings is 1. The molecule has 1 N–H and O–H groups in total. The summed E-state index contributed by atoms with van der Waals surface area (Å²) in [5, 5.41) is 7.93. The van der Waals surface area contributed by atoms with Crippen LogP contribution in [0.1, 0.15) is 33.6 Å². The monoisotopic (exact) mass is 279 g/mol. The summed E-state index contributed by atoms with van der Waals surface area (Å²) in [6.07, 6.45) is 0.734. The first-order chi connectivity index (χ1) is 9.02. The summed E-state index contributed by atoms with van der Waals surface area (Å²) in [7, 11) is 0. The van der Waals surface area contributed by atoms with E-state index in [0.29, 0.717) is 24.0 Å². The maximum atomic E-state index is 12.0. The van der Waals surface area contributed by atoms with Crippen LogP contribution in [0.15, 0.2) is 24.3 Å². The number of rotatable bonds is 5. The highest BCUT2D eigenvalue weighted by Crippen LogP contribution is 2.22. The number of aliphatic carboxylic acids is 1. The fourth-order valence-electron chi connectivity index (χ4n) is 2.01. The van der Waals surface area contributed by atoms with Gasteiger partial charge < -0.3 is 5.11 Å². The molecule has 0 saturated heterocycles. The minimum Gasteiger partial charge on any atom is -0.480 e. The van der Waals surface area contributed by atoms with Crippen LogP contribution in [0.25, 0.3) is 0 Å². The van der Waals surface area contributed by atoms with Gasteiger partial charge in [0.15, 0.2) is 0 Å². The number of hydrogen-bond acceptors (Lipinski definition) is 4. The van der Waals surface area contributed by atoms with Crippen LogP contribution in [-0.2, 0) is 4.79 Å². The van der Waals surface area contributed by atoms with Crippen LogP contribution in [0.4, 0.5) is 0 Å². The highest BCUT2D eigenvalue weighted by molar-refractivity contribution is 7.81. The van der Waals surface area contributed by atoms with Crippen molar-refractivity contribution in [2.75, 3.05) is 6.54 Å². The molecule has 0 aliphatic carbocycles. The lowest BCUT2D eigenvalue weighted by Crippen LogP contribution is -2.31. The first-order valence-electron chi connectivity index (χ1n) is 5.88. The zero-order chi connectivity index (χ0) is 14.0. The molecule has 1 aromatic rings. The van der Waals surface area contributed by atoms with E-state index in [2.05, 4.69) is 12.6 Å². The van der Waals surface area contributed by atoms with Crippen LogP contribution in [0.5, 0.6) is 0 Å². The number of carbonyl (C=O) groups excluding carboxylic acids is 2. The van der Waals surface area contributed by atoms with Gasteiger partial charge in [0.05, 0.1) is 16.4 Å². The average molecular weight is 279 g/mol. The number of nitrogens with zero attached hydrogens (tertiary/aromatic N) is 1. The Morgan fingerprint density at radius 1 is 1.21 bits per heavy atom. The smallest absolute Gasteiger partial charge is 0.316 e. The van der Waals surface area contributed by atoms with Crippen LogP contribution in [0, 0.1) is 0 Å². The second-order valence-corrected chi connectivity index (χ2v) is 4.93. The van der Waals surface area contributed by atoms with Crippen molar-refractivity contribution in [3.8, 4) is 0 Å². The fraction of sp³-hybridized carbons (Fsp3) is 0.308. The number of thiol groups is 1. The largest absolute Gasteiger partial charge is 0.480 e. The maximum absolute atomic E-state index is 12.0. The molecule has 1 aliphatic rings. The zero-order valence-corrected chi connectivity index (χ0v) is 11.0. The van der Waals surface area contributed by atoms with Crippen LogP contribution in [0.2, 0.25) is 0 Å². The lowest BCUT2D eigenvalue weighted by atomic mass is 10.1. The van der Waals surface area contributed by atoms with Gasteiger partial charge in [0.1, 0.15) is 0 Å². The number of amides is 2. The van der Waals surface area contributed by atoms with E-state index < -0.39 is 11.2 Å². The predicted octanol–water partition coefficient (Wildman–Crippen LogP) is 1.45. The molecule has 0 radical (unpaired) electrons. The first kappa shape index (κ1) is 13.6. The molecular formula is C13H13NO4S. The Morgan fingerprint density at radius 3 is 2.21 bits per heavy atom. The van der Waals surface area contributed by atoms with Crippen LogP contribution < -0.4 is 0 Å². The molecule has 1 aromatic carbocycles. The molecule has 0 fully saturated rings. The van der Waals surface area contributed by atoms with E-state index in [1.165, 1.54) is 0 Å². The van der Waals surface area contributed by atoms with Crippen molar-refractivity contribution in [1.29, 1.82) is 0 Å². The van der Waals surface area contributed by atoms with Gasteiger partial charge >= 0.3 is 5.97 Å². The van der Waals surface area contributed by atoms with Crippen molar-refractivity contribution >= 4 is 30.4 Å². The summed E-state index contributed by atoms with van der Waals surface area (Å²) < 4.78 is 0. The third kappa shape index (κ3) is 2.63. The Kier molecular flexibility index (Phi) is 3.90. The van der Waals surface area contributed by atoms with E-state index in [0.717, 1.165) is 4.90 Å². The van der Waals surface area contributed by atoms with Gasteiger partial charge in [0.25, 0.3) is 11.8 Å². The molecular weight excluding hydrogens is 266 g/mol. The Hall–Kier alpha value is -1.82. The summed E-state index contributed by atoms with van der Waals surface area (Å²) >= 11 is 3.91. The standard InChI is InChI=1S/C13H13NO4S/c15-11-8-4-1-2-5-9(8)12(16)14(11)7-3-6-10(19)13(17)18/h1-2,4-5,10,19H,3,6-7H2,(H,17,18)/t10-/m1/s1. The Labute approximate surface area is 115 Å². The number of carbonyl (C=O) groups is 3.